The van der Waals surface area contributed by atoms with Crippen LogP contribution in [0.2, 0.25) is 0 Å². The van der Waals surface area contributed by atoms with Crippen LogP contribution >= 0.6 is 11.8 Å². The number of benzene rings is 1. The van der Waals surface area contributed by atoms with Gasteiger partial charge >= 0.3 is 0 Å². The Morgan fingerprint density at radius 3 is 2.60 bits per heavy atom. The van der Waals surface area contributed by atoms with E-state index in [1.807, 2.05) is 13.2 Å². The van der Waals surface area contributed by atoms with Gasteiger partial charge in [-0.25, -0.2) is 8.42 Å². The zero-order valence-corrected chi connectivity index (χ0v) is 13.8. The monoisotopic (exact) mass is 319 g/mol. The van der Waals surface area contributed by atoms with E-state index in [0.29, 0.717) is 11.3 Å². The van der Waals surface area contributed by atoms with Gasteiger partial charge in [0.1, 0.15) is 10.6 Å². The first-order valence-corrected chi connectivity index (χ1v) is 8.96. The van der Waals surface area contributed by atoms with Crippen LogP contribution in [0, 0.1) is 0 Å². The molecule has 114 valence electrons. The average molecular weight is 319 g/mol. The van der Waals surface area contributed by atoms with E-state index in [4.69, 9.17) is 4.74 Å². The third-order valence-electron chi connectivity index (χ3n) is 3.10. The van der Waals surface area contributed by atoms with E-state index >= 15 is 0 Å². The van der Waals surface area contributed by atoms with Crippen LogP contribution in [0.3, 0.4) is 0 Å². The molecule has 1 rings (SSSR count). The molecule has 0 radical (unpaired) electrons. The average Bonchev–Trinajstić information content (AvgIpc) is 2.45. The Labute approximate surface area is 125 Å². The summed E-state index contributed by atoms with van der Waals surface area (Å²) in [5.41, 5.74) is 0.537. The highest BCUT2D eigenvalue weighted by atomic mass is 32.2. The van der Waals surface area contributed by atoms with Crippen LogP contribution in [0.25, 0.3) is 0 Å². The van der Waals surface area contributed by atoms with E-state index in [9.17, 15) is 13.5 Å². The number of aliphatic hydroxyl groups excluding tert-OH is 1. The van der Waals surface area contributed by atoms with Gasteiger partial charge in [-0.05, 0) is 30.9 Å². The van der Waals surface area contributed by atoms with Crippen molar-refractivity contribution in [2.45, 2.75) is 24.5 Å². The second-order valence-corrected chi connectivity index (χ2v) is 7.35. The molecule has 1 N–H and O–H groups in total. The van der Waals surface area contributed by atoms with Gasteiger partial charge in [-0.3, -0.25) is 0 Å². The molecule has 1 atom stereocenters. The van der Waals surface area contributed by atoms with Gasteiger partial charge in [-0.2, -0.15) is 16.1 Å². The lowest BCUT2D eigenvalue weighted by Gasteiger charge is -2.24. The van der Waals surface area contributed by atoms with Crippen LogP contribution in [0.5, 0.6) is 5.75 Å². The summed E-state index contributed by atoms with van der Waals surface area (Å²) in [6.07, 6.45) is 1.93. The van der Waals surface area contributed by atoms with Crippen molar-refractivity contribution in [1.82, 2.24) is 4.31 Å². The normalized spacial score (nSPS) is 13.5. The molecule has 0 bridgehead atoms. The molecule has 20 heavy (non-hydrogen) atoms. The molecule has 0 heterocycles. The molecule has 1 aromatic carbocycles. The molecule has 0 aliphatic carbocycles. The first-order valence-electron chi connectivity index (χ1n) is 6.13. The predicted molar refractivity (Wildman–Crippen MR) is 81.7 cm³/mol. The van der Waals surface area contributed by atoms with Crippen molar-refractivity contribution >= 4 is 21.8 Å². The topological polar surface area (TPSA) is 66.8 Å². The van der Waals surface area contributed by atoms with Gasteiger partial charge in [0.2, 0.25) is 10.0 Å². The summed E-state index contributed by atoms with van der Waals surface area (Å²) in [7, 11) is -0.666. The molecule has 7 heteroatoms. The van der Waals surface area contributed by atoms with Crippen LogP contribution in [-0.4, -0.2) is 50.0 Å². The maximum atomic E-state index is 12.7. The molecule has 0 amide bonds. The van der Waals surface area contributed by atoms with Crippen LogP contribution < -0.4 is 4.74 Å². The highest BCUT2D eigenvalue weighted by Crippen LogP contribution is 2.28. The fourth-order valence-electron chi connectivity index (χ4n) is 1.76. The van der Waals surface area contributed by atoms with Crippen molar-refractivity contribution in [3.63, 3.8) is 0 Å². The standard InChI is InChI=1S/C13H21NO4S2/c1-10(9-19-4)14(2)20(16,17)13-7-11(8-15)5-6-12(13)18-3/h5-7,10,15H,8-9H2,1-4H3. The molecule has 5 nitrogen and oxygen atoms in total. The third kappa shape index (κ3) is 3.66. The van der Waals surface area contributed by atoms with Crippen LogP contribution in [0.15, 0.2) is 23.1 Å². The molecule has 0 spiro atoms. The minimum absolute atomic E-state index is 0.0852. The van der Waals surface area contributed by atoms with Crippen LogP contribution in [-0.2, 0) is 16.6 Å². The Morgan fingerprint density at radius 2 is 2.10 bits per heavy atom. The van der Waals surface area contributed by atoms with Crippen molar-refractivity contribution in [1.29, 1.82) is 0 Å². The van der Waals surface area contributed by atoms with E-state index in [1.165, 1.54) is 17.5 Å². The Morgan fingerprint density at radius 1 is 1.45 bits per heavy atom. The summed E-state index contributed by atoms with van der Waals surface area (Å²) in [6, 6.07) is 4.53. The summed E-state index contributed by atoms with van der Waals surface area (Å²) in [6.45, 7) is 1.65. The van der Waals surface area contributed by atoms with E-state index in [0.717, 1.165) is 0 Å². The Bertz CT molecular complexity index is 545. The second-order valence-electron chi connectivity index (χ2n) is 4.47. The summed E-state index contributed by atoms with van der Waals surface area (Å²) >= 11 is 1.59. The number of nitrogens with zero attached hydrogens (tertiary/aromatic N) is 1. The number of ether oxygens (including phenoxy) is 1. The maximum Gasteiger partial charge on any atom is 0.246 e. The number of methoxy groups -OCH3 is 1. The van der Waals surface area contributed by atoms with Gasteiger partial charge in [0.15, 0.2) is 0 Å². The van der Waals surface area contributed by atoms with E-state index in [2.05, 4.69) is 0 Å². The lowest BCUT2D eigenvalue weighted by molar-refractivity contribution is 0.281. The molecule has 0 saturated heterocycles. The van der Waals surface area contributed by atoms with Gasteiger partial charge < -0.3 is 9.84 Å². The molecule has 0 saturated carbocycles. The van der Waals surface area contributed by atoms with Crippen molar-refractivity contribution < 1.29 is 18.3 Å². The SMILES string of the molecule is COc1ccc(CO)cc1S(=O)(=O)N(C)C(C)CSC. The Kier molecular flexibility index (Phi) is 6.32. The number of hydrogen-bond donors (Lipinski definition) is 1. The van der Waals surface area contributed by atoms with Gasteiger partial charge in [0.25, 0.3) is 0 Å². The maximum absolute atomic E-state index is 12.7. The summed E-state index contributed by atoms with van der Waals surface area (Å²) < 4.78 is 31.8. The predicted octanol–water partition coefficient (Wildman–Crippen LogP) is 1.56. The fourth-order valence-corrected chi connectivity index (χ4v) is 4.12. The molecule has 0 fully saturated rings. The van der Waals surface area contributed by atoms with Gasteiger partial charge in [-0.1, -0.05) is 6.07 Å². The summed E-state index contributed by atoms with van der Waals surface area (Å²) in [5.74, 6) is 0.989. The number of sulfonamides is 1. The minimum atomic E-state index is -3.65. The van der Waals surface area contributed by atoms with Crippen molar-refractivity contribution in [2.75, 3.05) is 26.2 Å². The number of rotatable bonds is 7. The van der Waals surface area contributed by atoms with Crippen molar-refractivity contribution in [2.24, 2.45) is 0 Å². The van der Waals surface area contributed by atoms with E-state index in [1.54, 1.807) is 30.9 Å². The van der Waals surface area contributed by atoms with Gasteiger partial charge in [0.05, 0.1) is 13.7 Å². The third-order valence-corrected chi connectivity index (χ3v) is 5.90. The van der Waals surface area contributed by atoms with Crippen LogP contribution in [0.1, 0.15) is 12.5 Å². The summed E-state index contributed by atoms with van der Waals surface area (Å²) in [5, 5.41) is 9.17. The molecule has 1 unspecified atom stereocenters. The van der Waals surface area contributed by atoms with Gasteiger partial charge in [0, 0.05) is 18.8 Å². The minimum Gasteiger partial charge on any atom is -0.495 e. The molecule has 1 aromatic rings. The summed E-state index contributed by atoms with van der Waals surface area (Å²) in [4.78, 5) is 0.0852. The van der Waals surface area contributed by atoms with Crippen molar-refractivity contribution in [3.05, 3.63) is 23.8 Å². The molecule has 0 aromatic heterocycles. The van der Waals surface area contributed by atoms with Gasteiger partial charge in [-0.15, -0.1) is 0 Å². The molecule has 0 aliphatic rings. The highest BCUT2D eigenvalue weighted by Gasteiger charge is 2.28. The molecule has 0 aliphatic heterocycles. The zero-order valence-electron chi connectivity index (χ0n) is 12.2. The largest absolute Gasteiger partial charge is 0.495 e. The fraction of sp³-hybridized carbons (Fsp3) is 0.538. The first-order chi connectivity index (χ1) is 9.38. The quantitative estimate of drug-likeness (QED) is 0.826. The Balaban J connectivity index is 3.26. The number of hydrogen-bond acceptors (Lipinski definition) is 5. The lowest BCUT2D eigenvalue weighted by atomic mass is 10.2. The van der Waals surface area contributed by atoms with E-state index < -0.39 is 10.0 Å². The second kappa shape index (κ2) is 7.31. The smallest absolute Gasteiger partial charge is 0.246 e. The lowest BCUT2D eigenvalue weighted by Crippen LogP contribution is -2.36. The van der Waals surface area contributed by atoms with Crippen molar-refractivity contribution in [3.8, 4) is 5.75 Å². The highest BCUT2D eigenvalue weighted by molar-refractivity contribution is 7.98. The number of aliphatic hydroxyl groups is 1. The first kappa shape index (κ1) is 17.3. The van der Waals surface area contributed by atoms with E-state index in [-0.39, 0.29) is 23.3 Å². The van der Waals surface area contributed by atoms with Crippen LogP contribution in [0.4, 0.5) is 0 Å². The number of thioether (sulfide) groups is 1. The zero-order chi connectivity index (χ0) is 15.3. The Hall–Kier alpha value is -0.760. The molecular weight excluding hydrogens is 298 g/mol. The molecular formula is C13H21NO4S2.